The monoisotopic (exact) mass is 212 g/mol. The summed E-state index contributed by atoms with van der Waals surface area (Å²) >= 11 is 0. The molecule has 2 bridgehead atoms. The zero-order chi connectivity index (χ0) is 10.9. The lowest BCUT2D eigenvalue weighted by molar-refractivity contribution is -0.000117. The van der Waals surface area contributed by atoms with E-state index < -0.39 is 0 Å². The van der Waals surface area contributed by atoms with Crippen molar-refractivity contribution in [2.24, 2.45) is 5.92 Å². The molecular formula is C12H24N2O. The quantitative estimate of drug-likeness (QED) is 0.713. The maximum atomic E-state index is 5.84. The van der Waals surface area contributed by atoms with Crippen LogP contribution in [-0.2, 0) is 4.74 Å². The number of fused-ring (bicyclic) bond motifs is 1. The largest absolute Gasteiger partial charge is 0.373 e. The van der Waals surface area contributed by atoms with Crippen molar-refractivity contribution in [3.63, 3.8) is 0 Å². The fraction of sp³-hybridized carbons (Fsp3) is 1.00. The number of nitrogens with zero attached hydrogens (tertiary/aromatic N) is 1. The van der Waals surface area contributed by atoms with E-state index >= 15 is 0 Å². The van der Waals surface area contributed by atoms with Gasteiger partial charge in [0.25, 0.3) is 0 Å². The van der Waals surface area contributed by atoms with E-state index in [-0.39, 0.29) is 5.60 Å². The molecule has 3 aliphatic rings. The van der Waals surface area contributed by atoms with Gasteiger partial charge in [0.1, 0.15) is 0 Å². The van der Waals surface area contributed by atoms with Crippen LogP contribution in [0, 0.1) is 5.92 Å². The lowest BCUT2D eigenvalue weighted by Gasteiger charge is -2.37. The Bertz CT molecular complexity index is 206. The molecule has 1 saturated carbocycles. The standard InChI is InChI=1S/C12H24N2O/c1-4-11(7-14(2)3)13-9-12-5-10(6-12)8-15-12/h10-11,13H,4-9H2,1-3H3. The van der Waals surface area contributed by atoms with E-state index in [2.05, 4.69) is 31.2 Å². The summed E-state index contributed by atoms with van der Waals surface area (Å²) in [6, 6.07) is 0.609. The van der Waals surface area contributed by atoms with Gasteiger partial charge in [-0.25, -0.2) is 0 Å². The zero-order valence-corrected chi connectivity index (χ0v) is 10.3. The minimum absolute atomic E-state index is 0.227. The van der Waals surface area contributed by atoms with Crippen molar-refractivity contribution >= 4 is 0 Å². The maximum Gasteiger partial charge on any atom is 0.0813 e. The molecule has 15 heavy (non-hydrogen) atoms. The van der Waals surface area contributed by atoms with Crippen LogP contribution in [-0.4, -0.2) is 50.3 Å². The highest BCUT2D eigenvalue weighted by Gasteiger charge is 2.51. The van der Waals surface area contributed by atoms with Crippen molar-refractivity contribution in [2.75, 3.05) is 33.8 Å². The molecule has 0 aromatic carbocycles. The fourth-order valence-corrected chi connectivity index (χ4v) is 2.83. The molecule has 3 heteroatoms. The van der Waals surface area contributed by atoms with Crippen molar-refractivity contribution in [3.8, 4) is 0 Å². The van der Waals surface area contributed by atoms with Gasteiger partial charge < -0.3 is 15.0 Å². The summed E-state index contributed by atoms with van der Waals surface area (Å²) < 4.78 is 5.84. The zero-order valence-electron chi connectivity index (χ0n) is 10.3. The molecule has 1 aliphatic carbocycles. The third-order valence-electron chi connectivity index (χ3n) is 3.74. The van der Waals surface area contributed by atoms with Crippen LogP contribution in [0.25, 0.3) is 0 Å². The van der Waals surface area contributed by atoms with E-state index in [1.807, 2.05) is 0 Å². The van der Waals surface area contributed by atoms with Crippen LogP contribution in [0.1, 0.15) is 26.2 Å². The first-order valence-corrected chi connectivity index (χ1v) is 6.15. The van der Waals surface area contributed by atoms with Gasteiger partial charge in [-0.3, -0.25) is 0 Å². The fourth-order valence-electron chi connectivity index (χ4n) is 2.83. The molecule has 2 saturated heterocycles. The van der Waals surface area contributed by atoms with E-state index in [1.165, 1.54) is 19.3 Å². The van der Waals surface area contributed by atoms with Crippen LogP contribution in [0.15, 0.2) is 0 Å². The first-order chi connectivity index (χ1) is 7.13. The molecule has 88 valence electrons. The Morgan fingerprint density at radius 1 is 1.47 bits per heavy atom. The van der Waals surface area contributed by atoms with E-state index in [0.29, 0.717) is 6.04 Å². The molecule has 0 amide bonds. The Morgan fingerprint density at radius 3 is 2.67 bits per heavy atom. The second-order valence-electron chi connectivity index (χ2n) is 5.52. The summed E-state index contributed by atoms with van der Waals surface area (Å²) in [6.45, 7) is 5.43. The summed E-state index contributed by atoms with van der Waals surface area (Å²) in [5, 5.41) is 3.65. The number of hydrogen-bond donors (Lipinski definition) is 1. The molecule has 0 spiro atoms. The average molecular weight is 212 g/mol. The molecule has 1 atom stereocenters. The highest BCUT2D eigenvalue weighted by Crippen LogP contribution is 2.47. The molecule has 2 aliphatic heterocycles. The van der Waals surface area contributed by atoms with Gasteiger partial charge in [0.2, 0.25) is 0 Å². The summed E-state index contributed by atoms with van der Waals surface area (Å²) in [4.78, 5) is 2.25. The topological polar surface area (TPSA) is 24.5 Å². The van der Waals surface area contributed by atoms with E-state index in [4.69, 9.17) is 4.74 Å². The molecule has 1 N–H and O–H groups in total. The normalized spacial score (nSPS) is 35.6. The summed E-state index contributed by atoms with van der Waals surface area (Å²) in [7, 11) is 4.27. The van der Waals surface area contributed by atoms with Gasteiger partial charge in [0.15, 0.2) is 0 Å². The molecular weight excluding hydrogens is 188 g/mol. The first-order valence-electron chi connectivity index (χ1n) is 6.15. The lowest BCUT2D eigenvalue weighted by Crippen LogP contribution is -2.50. The maximum absolute atomic E-state index is 5.84. The van der Waals surface area contributed by atoms with Gasteiger partial charge in [-0.2, -0.15) is 0 Å². The van der Waals surface area contributed by atoms with Crippen molar-refractivity contribution in [1.29, 1.82) is 0 Å². The summed E-state index contributed by atoms with van der Waals surface area (Å²) in [6.07, 6.45) is 3.77. The number of rotatable bonds is 6. The molecule has 3 fully saturated rings. The Kier molecular flexibility index (Phi) is 3.33. The second kappa shape index (κ2) is 4.40. The van der Waals surface area contributed by atoms with Crippen molar-refractivity contribution < 1.29 is 4.74 Å². The smallest absolute Gasteiger partial charge is 0.0813 e. The molecule has 0 aromatic rings. The number of hydrogen-bond acceptors (Lipinski definition) is 3. The van der Waals surface area contributed by atoms with Gasteiger partial charge in [-0.05, 0) is 39.3 Å². The minimum atomic E-state index is 0.227. The van der Waals surface area contributed by atoms with Crippen molar-refractivity contribution in [3.05, 3.63) is 0 Å². The second-order valence-corrected chi connectivity index (χ2v) is 5.52. The lowest BCUT2D eigenvalue weighted by atomic mass is 9.74. The van der Waals surface area contributed by atoms with E-state index in [1.54, 1.807) is 0 Å². The highest BCUT2D eigenvalue weighted by molar-refractivity contribution is 5.03. The molecule has 0 radical (unpaired) electrons. The van der Waals surface area contributed by atoms with Crippen LogP contribution in [0.2, 0.25) is 0 Å². The first kappa shape index (κ1) is 11.4. The Hall–Kier alpha value is -0.120. The number of ether oxygens (including phenoxy) is 1. The van der Waals surface area contributed by atoms with Gasteiger partial charge in [0, 0.05) is 19.1 Å². The third-order valence-corrected chi connectivity index (χ3v) is 3.74. The molecule has 2 heterocycles. The van der Waals surface area contributed by atoms with Crippen LogP contribution >= 0.6 is 0 Å². The minimum Gasteiger partial charge on any atom is -0.373 e. The predicted octanol–water partition coefficient (Wildman–Crippen LogP) is 1.10. The van der Waals surface area contributed by atoms with Gasteiger partial charge in [-0.1, -0.05) is 6.92 Å². The predicted molar refractivity (Wildman–Crippen MR) is 62.0 cm³/mol. The van der Waals surface area contributed by atoms with Crippen molar-refractivity contribution in [1.82, 2.24) is 10.2 Å². The van der Waals surface area contributed by atoms with E-state index in [0.717, 1.165) is 25.6 Å². The molecule has 3 nitrogen and oxygen atoms in total. The molecule has 0 aromatic heterocycles. The van der Waals surface area contributed by atoms with Crippen LogP contribution in [0.3, 0.4) is 0 Å². The molecule has 1 unspecified atom stereocenters. The van der Waals surface area contributed by atoms with Crippen molar-refractivity contribution in [2.45, 2.75) is 37.8 Å². The Morgan fingerprint density at radius 2 is 2.20 bits per heavy atom. The summed E-state index contributed by atoms with van der Waals surface area (Å²) in [5.74, 6) is 0.876. The van der Waals surface area contributed by atoms with Gasteiger partial charge in [0.05, 0.1) is 12.2 Å². The van der Waals surface area contributed by atoms with Crippen LogP contribution < -0.4 is 5.32 Å². The Labute approximate surface area is 93.2 Å². The average Bonchev–Trinajstić information content (AvgIpc) is 2.70. The molecule has 3 rings (SSSR count). The SMILES string of the molecule is CCC(CN(C)C)NCC12CC(CO1)C2. The number of nitrogens with one attached hydrogen (secondary N) is 1. The van der Waals surface area contributed by atoms with Gasteiger partial charge in [-0.15, -0.1) is 0 Å². The summed E-state index contributed by atoms with van der Waals surface area (Å²) in [5.41, 5.74) is 0.227. The van der Waals surface area contributed by atoms with Crippen LogP contribution in [0.4, 0.5) is 0 Å². The Balaban J connectivity index is 1.71. The van der Waals surface area contributed by atoms with Gasteiger partial charge >= 0.3 is 0 Å². The van der Waals surface area contributed by atoms with E-state index in [9.17, 15) is 0 Å². The third kappa shape index (κ3) is 2.52. The number of likely N-dealkylation sites (N-methyl/N-ethyl adjacent to an activating group) is 1. The highest BCUT2D eigenvalue weighted by atomic mass is 16.5. The van der Waals surface area contributed by atoms with Crippen LogP contribution in [0.5, 0.6) is 0 Å².